The summed E-state index contributed by atoms with van der Waals surface area (Å²) in [6, 6.07) is 0. The quantitative estimate of drug-likeness (QED) is 0.636. The van der Waals surface area contributed by atoms with Crippen molar-refractivity contribution in [2.45, 2.75) is 12.6 Å². The number of hydrogen-bond donors (Lipinski definition) is 1. The molecule has 0 atom stereocenters. The van der Waals surface area contributed by atoms with Crippen LogP contribution in [0.25, 0.3) is 0 Å². The van der Waals surface area contributed by atoms with E-state index < -0.39 is 18.4 Å². The summed E-state index contributed by atoms with van der Waals surface area (Å²) in [5.74, 6) is 0. The van der Waals surface area contributed by atoms with Gasteiger partial charge in [-0.05, 0) is 6.42 Å². The molecule has 0 aromatic rings. The minimum atomic E-state index is -4.35. The first kappa shape index (κ1) is 10.2. The van der Waals surface area contributed by atoms with Gasteiger partial charge in [0.15, 0.2) is 0 Å². The van der Waals surface area contributed by atoms with Gasteiger partial charge in [-0.25, -0.2) is 0 Å². The lowest BCUT2D eigenvalue weighted by Crippen LogP contribution is -2.11. The van der Waals surface area contributed by atoms with Crippen LogP contribution in [0.4, 0.5) is 13.2 Å². The molecule has 0 heterocycles. The van der Waals surface area contributed by atoms with Crippen LogP contribution >= 0.6 is 0 Å². The summed E-state index contributed by atoms with van der Waals surface area (Å²) in [5, 5.41) is 8.22. The highest BCUT2D eigenvalue weighted by atomic mass is 19.4. The molecular weight excluding hydrogens is 157 g/mol. The van der Waals surface area contributed by atoms with Gasteiger partial charge in [0.2, 0.25) is 0 Å². The molecule has 0 rings (SSSR count). The van der Waals surface area contributed by atoms with Crippen LogP contribution in [0.5, 0.6) is 0 Å². The van der Waals surface area contributed by atoms with Crippen LogP contribution in [0.15, 0.2) is 24.3 Å². The third-order valence-corrected chi connectivity index (χ3v) is 1.07. The monoisotopic (exact) mass is 166 g/mol. The van der Waals surface area contributed by atoms with Gasteiger partial charge >= 0.3 is 6.18 Å². The van der Waals surface area contributed by atoms with E-state index in [0.717, 1.165) is 12.2 Å². The van der Waals surface area contributed by atoms with E-state index in [1.165, 1.54) is 0 Å². The summed E-state index contributed by atoms with van der Waals surface area (Å²) in [4.78, 5) is 0. The molecule has 0 aromatic heterocycles. The Bertz CT molecular complexity index is 158. The molecule has 0 radical (unpaired) electrons. The van der Waals surface area contributed by atoms with E-state index in [9.17, 15) is 13.2 Å². The zero-order valence-corrected chi connectivity index (χ0v) is 5.86. The molecule has 0 spiro atoms. The topological polar surface area (TPSA) is 20.2 Å². The Hall–Kier alpha value is -0.770. The Morgan fingerprint density at radius 2 is 2.00 bits per heavy atom. The minimum Gasteiger partial charge on any atom is -0.392 e. The summed E-state index contributed by atoms with van der Waals surface area (Å²) in [6.07, 6.45) is -2.72. The van der Waals surface area contributed by atoms with Crippen molar-refractivity contribution >= 4 is 0 Å². The third-order valence-electron chi connectivity index (χ3n) is 1.07. The fraction of sp³-hybridized carbons (Fsp3) is 0.429. The highest BCUT2D eigenvalue weighted by Gasteiger charge is 2.31. The molecule has 0 amide bonds. The maximum absolute atomic E-state index is 11.9. The summed E-state index contributed by atoms with van der Waals surface area (Å²) in [5.41, 5.74) is -0.755. The van der Waals surface area contributed by atoms with E-state index in [0.29, 0.717) is 0 Å². The minimum absolute atomic E-state index is 0.260. The Balaban J connectivity index is 4.34. The highest BCUT2D eigenvalue weighted by molar-refractivity contribution is 5.12. The number of alkyl halides is 3. The van der Waals surface area contributed by atoms with Gasteiger partial charge in [0, 0.05) is 5.57 Å². The molecule has 0 unspecified atom stereocenters. The lowest BCUT2D eigenvalue weighted by molar-refractivity contribution is -0.0933. The van der Waals surface area contributed by atoms with Crippen molar-refractivity contribution in [1.29, 1.82) is 0 Å². The lowest BCUT2D eigenvalue weighted by Gasteiger charge is -2.08. The van der Waals surface area contributed by atoms with Gasteiger partial charge in [-0.1, -0.05) is 12.2 Å². The Morgan fingerprint density at radius 3 is 2.27 bits per heavy atom. The van der Waals surface area contributed by atoms with Crippen molar-refractivity contribution in [3.05, 3.63) is 24.3 Å². The Morgan fingerprint density at radius 1 is 1.45 bits per heavy atom. The van der Waals surface area contributed by atoms with Crippen molar-refractivity contribution in [3.63, 3.8) is 0 Å². The van der Waals surface area contributed by atoms with Gasteiger partial charge in [0.25, 0.3) is 0 Å². The molecule has 0 saturated heterocycles. The SMILES string of the molecule is C=CCC(=CCO)C(F)(F)F. The molecule has 0 bridgehead atoms. The average Bonchev–Trinajstić information content (AvgIpc) is 1.85. The van der Waals surface area contributed by atoms with Gasteiger partial charge in [-0.15, -0.1) is 6.58 Å². The Labute approximate surface area is 62.8 Å². The number of halogens is 3. The van der Waals surface area contributed by atoms with Crippen molar-refractivity contribution in [2.24, 2.45) is 0 Å². The standard InChI is InChI=1S/C7H9F3O/c1-2-3-6(4-5-11)7(8,9)10/h2,4,11H,1,3,5H2. The molecule has 11 heavy (non-hydrogen) atoms. The summed E-state index contributed by atoms with van der Waals surface area (Å²) in [7, 11) is 0. The molecule has 4 heteroatoms. The molecule has 1 N–H and O–H groups in total. The van der Waals surface area contributed by atoms with Crippen molar-refractivity contribution in [2.75, 3.05) is 6.61 Å². The molecule has 64 valence electrons. The largest absolute Gasteiger partial charge is 0.412 e. The van der Waals surface area contributed by atoms with E-state index >= 15 is 0 Å². The molecule has 0 aliphatic heterocycles. The maximum Gasteiger partial charge on any atom is 0.412 e. The number of aliphatic hydroxyl groups excluding tert-OH is 1. The summed E-state index contributed by atoms with van der Waals surface area (Å²) in [6.45, 7) is 2.58. The van der Waals surface area contributed by atoms with Crippen LogP contribution in [0.2, 0.25) is 0 Å². The summed E-state index contributed by atoms with van der Waals surface area (Å²) >= 11 is 0. The number of allylic oxidation sites excluding steroid dienone is 2. The second kappa shape index (κ2) is 4.18. The predicted octanol–water partition coefficient (Wildman–Crippen LogP) is 2.04. The lowest BCUT2D eigenvalue weighted by atomic mass is 10.2. The van der Waals surface area contributed by atoms with E-state index in [1.54, 1.807) is 0 Å². The molecule has 0 aliphatic rings. The van der Waals surface area contributed by atoms with E-state index in [2.05, 4.69) is 6.58 Å². The molecule has 0 fully saturated rings. The second-order valence-electron chi connectivity index (χ2n) is 1.90. The van der Waals surface area contributed by atoms with Gasteiger partial charge < -0.3 is 5.11 Å². The van der Waals surface area contributed by atoms with E-state index in [1.807, 2.05) is 0 Å². The Kier molecular flexibility index (Phi) is 3.89. The normalized spacial score (nSPS) is 13.3. The predicted molar refractivity (Wildman–Crippen MR) is 36.0 cm³/mol. The van der Waals surface area contributed by atoms with Crippen LogP contribution in [0.3, 0.4) is 0 Å². The zero-order chi connectivity index (χ0) is 8.91. The van der Waals surface area contributed by atoms with Gasteiger partial charge in [0.1, 0.15) is 0 Å². The molecule has 1 nitrogen and oxygen atoms in total. The van der Waals surface area contributed by atoms with Crippen LogP contribution in [-0.4, -0.2) is 17.9 Å². The van der Waals surface area contributed by atoms with Gasteiger partial charge in [-0.2, -0.15) is 13.2 Å². The number of rotatable bonds is 3. The van der Waals surface area contributed by atoms with Crippen molar-refractivity contribution in [1.82, 2.24) is 0 Å². The fourth-order valence-electron chi connectivity index (χ4n) is 0.580. The summed E-state index contributed by atoms with van der Waals surface area (Å²) < 4.78 is 35.6. The van der Waals surface area contributed by atoms with Crippen LogP contribution in [0, 0.1) is 0 Å². The second-order valence-corrected chi connectivity index (χ2v) is 1.90. The fourth-order valence-corrected chi connectivity index (χ4v) is 0.580. The molecule has 0 saturated carbocycles. The number of hydrogen-bond acceptors (Lipinski definition) is 1. The van der Waals surface area contributed by atoms with Crippen LogP contribution < -0.4 is 0 Å². The van der Waals surface area contributed by atoms with Crippen molar-refractivity contribution in [3.8, 4) is 0 Å². The first-order valence-electron chi connectivity index (χ1n) is 3.00. The zero-order valence-electron chi connectivity index (χ0n) is 5.86. The van der Waals surface area contributed by atoms with Crippen LogP contribution in [-0.2, 0) is 0 Å². The third kappa shape index (κ3) is 3.83. The maximum atomic E-state index is 11.9. The molecular formula is C7H9F3O. The van der Waals surface area contributed by atoms with Crippen LogP contribution in [0.1, 0.15) is 6.42 Å². The highest BCUT2D eigenvalue weighted by Crippen LogP contribution is 2.27. The van der Waals surface area contributed by atoms with Gasteiger partial charge in [0.05, 0.1) is 6.61 Å². The van der Waals surface area contributed by atoms with Crippen molar-refractivity contribution < 1.29 is 18.3 Å². The smallest absolute Gasteiger partial charge is 0.392 e. The van der Waals surface area contributed by atoms with Gasteiger partial charge in [-0.3, -0.25) is 0 Å². The molecule has 0 aromatic carbocycles. The molecule has 0 aliphatic carbocycles. The number of aliphatic hydroxyl groups is 1. The average molecular weight is 166 g/mol. The van der Waals surface area contributed by atoms with E-state index in [4.69, 9.17) is 5.11 Å². The van der Waals surface area contributed by atoms with E-state index in [-0.39, 0.29) is 6.42 Å². The first-order chi connectivity index (χ1) is 5.02. The first-order valence-corrected chi connectivity index (χ1v) is 3.00.